The molecule has 7 nitrogen and oxygen atoms in total. The van der Waals surface area contributed by atoms with E-state index in [4.69, 9.17) is 4.74 Å². The highest BCUT2D eigenvalue weighted by atomic mass is 16.5. The van der Waals surface area contributed by atoms with Crippen LogP contribution in [0.3, 0.4) is 0 Å². The molecule has 3 N–H and O–H groups in total. The summed E-state index contributed by atoms with van der Waals surface area (Å²) >= 11 is 0. The van der Waals surface area contributed by atoms with Crippen LogP contribution in [0.4, 0.5) is 16.2 Å². The van der Waals surface area contributed by atoms with Gasteiger partial charge in [0.05, 0.1) is 24.6 Å². The van der Waals surface area contributed by atoms with Crippen molar-refractivity contribution in [1.82, 2.24) is 15.8 Å². The van der Waals surface area contributed by atoms with E-state index in [1.807, 2.05) is 23.2 Å². The number of anilines is 2. The highest BCUT2D eigenvalue weighted by molar-refractivity contribution is 5.93. The lowest BCUT2D eigenvalue weighted by Crippen LogP contribution is -2.50. The molecule has 7 heteroatoms. The number of amides is 2. The summed E-state index contributed by atoms with van der Waals surface area (Å²) in [5, 5.41) is 8.18. The molecular formula is C15H23N5O2. The third-order valence-electron chi connectivity index (χ3n) is 3.88. The lowest BCUT2D eigenvalue weighted by atomic mass is 10.2. The first kappa shape index (κ1) is 15.1. The SMILES string of the molecule is O=C(Nc1ccccc1N1CCNCC1)NN1CCOCC1. The molecule has 120 valence electrons. The van der Waals surface area contributed by atoms with E-state index in [1.54, 1.807) is 0 Å². The highest BCUT2D eigenvalue weighted by Gasteiger charge is 2.17. The fraction of sp³-hybridized carbons (Fsp3) is 0.533. The minimum atomic E-state index is -0.204. The summed E-state index contributed by atoms with van der Waals surface area (Å²) in [5.74, 6) is 0. The van der Waals surface area contributed by atoms with E-state index in [-0.39, 0.29) is 6.03 Å². The lowest BCUT2D eigenvalue weighted by molar-refractivity contribution is 0.0207. The minimum absolute atomic E-state index is 0.204. The van der Waals surface area contributed by atoms with E-state index >= 15 is 0 Å². The number of carbonyl (C=O) groups is 1. The highest BCUT2D eigenvalue weighted by Crippen LogP contribution is 2.25. The third-order valence-corrected chi connectivity index (χ3v) is 3.88. The number of para-hydroxylation sites is 2. The summed E-state index contributed by atoms with van der Waals surface area (Å²) in [6.07, 6.45) is 0. The number of nitrogens with one attached hydrogen (secondary N) is 3. The van der Waals surface area contributed by atoms with Gasteiger partial charge in [-0.05, 0) is 12.1 Å². The van der Waals surface area contributed by atoms with Crippen molar-refractivity contribution in [3.63, 3.8) is 0 Å². The van der Waals surface area contributed by atoms with Crippen LogP contribution in [0.5, 0.6) is 0 Å². The predicted molar refractivity (Wildman–Crippen MR) is 86.1 cm³/mol. The molecule has 3 rings (SSSR count). The van der Waals surface area contributed by atoms with Crippen molar-refractivity contribution < 1.29 is 9.53 Å². The average Bonchev–Trinajstić information content (AvgIpc) is 2.57. The number of benzene rings is 1. The normalized spacial score (nSPS) is 19.7. The molecule has 2 amide bonds. The van der Waals surface area contributed by atoms with Crippen LogP contribution >= 0.6 is 0 Å². The fourth-order valence-corrected chi connectivity index (χ4v) is 2.73. The second-order valence-electron chi connectivity index (χ2n) is 5.42. The molecule has 2 heterocycles. The molecule has 0 radical (unpaired) electrons. The average molecular weight is 305 g/mol. The molecule has 0 unspecified atom stereocenters. The number of hydrogen-bond donors (Lipinski definition) is 3. The zero-order valence-electron chi connectivity index (χ0n) is 12.7. The van der Waals surface area contributed by atoms with Crippen molar-refractivity contribution >= 4 is 17.4 Å². The second-order valence-corrected chi connectivity index (χ2v) is 5.42. The van der Waals surface area contributed by atoms with Gasteiger partial charge in [-0.15, -0.1) is 0 Å². The number of hydrazine groups is 1. The number of morpholine rings is 1. The predicted octanol–water partition coefficient (Wildman–Crippen LogP) is 0.465. The fourth-order valence-electron chi connectivity index (χ4n) is 2.73. The lowest BCUT2D eigenvalue weighted by Gasteiger charge is -2.31. The molecule has 2 saturated heterocycles. The smallest absolute Gasteiger partial charge is 0.333 e. The summed E-state index contributed by atoms with van der Waals surface area (Å²) in [4.78, 5) is 14.5. The molecule has 0 aliphatic carbocycles. The van der Waals surface area contributed by atoms with E-state index in [2.05, 4.69) is 27.0 Å². The Morgan fingerprint density at radius 1 is 1.09 bits per heavy atom. The quantitative estimate of drug-likeness (QED) is 0.757. The Kier molecular flexibility index (Phi) is 5.10. The van der Waals surface area contributed by atoms with Gasteiger partial charge in [0.1, 0.15) is 0 Å². The molecule has 2 fully saturated rings. The standard InChI is InChI=1S/C15H23N5O2/c21-15(18-20-9-11-22-12-10-20)17-13-3-1-2-4-14(13)19-7-5-16-6-8-19/h1-4,16H,5-12H2,(H2,17,18,21). The minimum Gasteiger partial charge on any atom is -0.379 e. The maximum atomic E-state index is 12.2. The van der Waals surface area contributed by atoms with Crippen LogP contribution in [0, 0.1) is 0 Å². The van der Waals surface area contributed by atoms with Crippen molar-refractivity contribution in [3.05, 3.63) is 24.3 Å². The Morgan fingerprint density at radius 3 is 2.59 bits per heavy atom. The summed E-state index contributed by atoms with van der Waals surface area (Å²) < 4.78 is 5.27. The Bertz CT molecular complexity index is 498. The zero-order chi connectivity index (χ0) is 15.2. The Hall–Kier alpha value is -1.83. The zero-order valence-corrected chi connectivity index (χ0v) is 12.7. The third kappa shape index (κ3) is 3.88. The van der Waals surface area contributed by atoms with Gasteiger partial charge in [0.25, 0.3) is 0 Å². The van der Waals surface area contributed by atoms with Gasteiger partial charge in [0.2, 0.25) is 0 Å². The van der Waals surface area contributed by atoms with E-state index in [9.17, 15) is 4.79 Å². The van der Waals surface area contributed by atoms with Crippen LogP contribution in [0.1, 0.15) is 0 Å². The van der Waals surface area contributed by atoms with Crippen LogP contribution in [0.25, 0.3) is 0 Å². The number of hydrogen-bond acceptors (Lipinski definition) is 5. The summed E-state index contributed by atoms with van der Waals surface area (Å²) in [5.41, 5.74) is 4.78. The van der Waals surface area contributed by atoms with Crippen molar-refractivity contribution in [2.24, 2.45) is 0 Å². The topological polar surface area (TPSA) is 68.9 Å². The molecule has 0 saturated carbocycles. The molecule has 2 aliphatic heterocycles. The van der Waals surface area contributed by atoms with Gasteiger partial charge in [-0.2, -0.15) is 0 Å². The first-order chi connectivity index (χ1) is 10.8. The second kappa shape index (κ2) is 7.44. The maximum Gasteiger partial charge on any atom is 0.333 e. The number of carbonyl (C=O) groups excluding carboxylic acids is 1. The largest absolute Gasteiger partial charge is 0.379 e. The molecule has 0 spiro atoms. The number of rotatable bonds is 3. The first-order valence-corrected chi connectivity index (χ1v) is 7.78. The Labute approximate surface area is 130 Å². The number of nitrogens with zero attached hydrogens (tertiary/aromatic N) is 2. The summed E-state index contributed by atoms with van der Waals surface area (Å²) in [6, 6.07) is 7.73. The van der Waals surface area contributed by atoms with Gasteiger partial charge in [-0.1, -0.05) is 12.1 Å². The van der Waals surface area contributed by atoms with Crippen LogP contribution in [-0.4, -0.2) is 63.5 Å². The molecular weight excluding hydrogens is 282 g/mol. The Morgan fingerprint density at radius 2 is 1.82 bits per heavy atom. The summed E-state index contributed by atoms with van der Waals surface area (Å²) in [7, 11) is 0. The van der Waals surface area contributed by atoms with E-state index in [0.717, 1.165) is 37.6 Å². The van der Waals surface area contributed by atoms with Crippen molar-refractivity contribution in [2.45, 2.75) is 0 Å². The molecule has 1 aromatic carbocycles. The molecule has 22 heavy (non-hydrogen) atoms. The molecule has 0 bridgehead atoms. The van der Waals surface area contributed by atoms with E-state index < -0.39 is 0 Å². The van der Waals surface area contributed by atoms with Gasteiger partial charge in [-0.3, -0.25) is 5.43 Å². The maximum absolute atomic E-state index is 12.2. The number of piperazine rings is 1. The van der Waals surface area contributed by atoms with Gasteiger partial charge >= 0.3 is 6.03 Å². The van der Waals surface area contributed by atoms with Gasteiger partial charge < -0.3 is 20.3 Å². The molecule has 1 aromatic rings. The number of urea groups is 1. The van der Waals surface area contributed by atoms with Crippen LogP contribution in [-0.2, 0) is 4.74 Å². The van der Waals surface area contributed by atoms with Crippen LogP contribution < -0.4 is 21.0 Å². The van der Waals surface area contributed by atoms with Crippen molar-refractivity contribution in [1.29, 1.82) is 0 Å². The summed E-state index contributed by atoms with van der Waals surface area (Å²) in [6.45, 7) is 6.56. The van der Waals surface area contributed by atoms with E-state index in [0.29, 0.717) is 26.3 Å². The monoisotopic (exact) mass is 305 g/mol. The van der Waals surface area contributed by atoms with Gasteiger partial charge in [-0.25, -0.2) is 9.80 Å². The Balaban J connectivity index is 1.62. The van der Waals surface area contributed by atoms with Crippen molar-refractivity contribution in [3.8, 4) is 0 Å². The van der Waals surface area contributed by atoms with Gasteiger partial charge in [0, 0.05) is 39.3 Å². The van der Waals surface area contributed by atoms with Gasteiger partial charge in [0.15, 0.2) is 0 Å². The number of ether oxygens (including phenoxy) is 1. The molecule has 0 atom stereocenters. The molecule has 2 aliphatic rings. The van der Waals surface area contributed by atoms with Crippen molar-refractivity contribution in [2.75, 3.05) is 62.7 Å². The van der Waals surface area contributed by atoms with Crippen LogP contribution in [0.2, 0.25) is 0 Å². The van der Waals surface area contributed by atoms with Crippen LogP contribution in [0.15, 0.2) is 24.3 Å². The van der Waals surface area contributed by atoms with E-state index in [1.165, 1.54) is 0 Å². The first-order valence-electron chi connectivity index (χ1n) is 7.78. The molecule has 0 aromatic heterocycles.